The summed E-state index contributed by atoms with van der Waals surface area (Å²) < 4.78 is 5.85. The van der Waals surface area contributed by atoms with Crippen molar-refractivity contribution in [1.29, 1.82) is 10.5 Å². The number of carbonyl (C=O) groups excluding carboxylic acids is 1. The summed E-state index contributed by atoms with van der Waals surface area (Å²) in [6, 6.07) is 5.04. The summed E-state index contributed by atoms with van der Waals surface area (Å²) in [5.74, 6) is -0.483. The molecule has 2 heterocycles. The Hall–Kier alpha value is -3.39. The first-order chi connectivity index (χ1) is 9.63. The Morgan fingerprint density at radius 3 is 2.75 bits per heavy atom. The molecular formula is C12H8N6O2. The molecule has 0 saturated heterocycles. The van der Waals surface area contributed by atoms with Crippen LogP contribution in [0.15, 0.2) is 18.6 Å². The number of ether oxygens (including phenoxy) is 1. The van der Waals surface area contributed by atoms with E-state index in [0.717, 1.165) is 0 Å². The minimum absolute atomic E-state index is 0.00582. The van der Waals surface area contributed by atoms with Gasteiger partial charge in [0, 0.05) is 6.20 Å². The second kappa shape index (κ2) is 5.08. The summed E-state index contributed by atoms with van der Waals surface area (Å²) >= 11 is 0. The van der Waals surface area contributed by atoms with Crippen LogP contribution in [0.5, 0.6) is 0 Å². The normalized spacial score (nSPS) is 9.55. The lowest BCUT2D eigenvalue weighted by Gasteiger charge is -2.09. The van der Waals surface area contributed by atoms with Gasteiger partial charge in [-0.1, -0.05) is 0 Å². The fraction of sp³-hybridized carbons (Fsp3) is 0.0833. The van der Waals surface area contributed by atoms with E-state index in [-0.39, 0.29) is 28.5 Å². The first kappa shape index (κ1) is 13.1. The van der Waals surface area contributed by atoms with Crippen molar-refractivity contribution in [2.45, 2.75) is 0 Å². The van der Waals surface area contributed by atoms with Gasteiger partial charge in [-0.2, -0.15) is 10.5 Å². The predicted molar refractivity (Wildman–Crippen MR) is 66.5 cm³/mol. The molecule has 0 atom stereocenters. The van der Waals surface area contributed by atoms with Crippen molar-refractivity contribution in [3.05, 3.63) is 35.5 Å². The number of carbonyl (C=O) groups is 1. The van der Waals surface area contributed by atoms with Crippen molar-refractivity contribution in [1.82, 2.24) is 14.5 Å². The molecule has 0 aliphatic rings. The third-order valence-corrected chi connectivity index (χ3v) is 2.58. The number of pyridine rings is 1. The number of imidazole rings is 1. The molecule has 98 valence electrons. The van der Waals surface area contributed by atoms with Gasteiger partial charge in [-0.15, -0.1) is 0 Å². The number of nitrogens with zero attached hydrogens (tertiary/aromatic N) is 5. The van der Waals surface area contributed by atoms with Gasteiger partial charge >= 0.3 is 5.97 Å². The van der Waals surface area contributed by atoms with Crippen LogP contribution < -0.4 is 5.73 Å². The zero-order valence-electron chi connectivity index (χ0n) is 10.4. The molecule has 0 aliphatic heterocycles. The summed E-state index contributed by atoms with van der Waals surface area (Å²) in [5, 5.41) is 17.9. The number of rotatable bonds is 2. The maximum atomic E-state index is 11.6. The Bertz CT molecular complexity index is 765. The third kappa shape index (κ3) is 1.91. The summed E-state index contributed by atoms with van der Waals surface area (Å²) in [7, 11) is 1.23. The van der Waals surface area contributed by atoms with E-state index in [1.165, 1.54) is 30.3 Å². The first-order valence-electron chi connectivity index (χ1n) is 5.34. The number of esters is 1. The molecule has 8 nitrogen and oxygen atoms in total. The predicted octanol–water partition coefficient (Wildman–Crippen LogP) is 0.379. The molecule has 0 spiro atoms. The number of nitriles is 2. The molecule has 0 fully saturated rings. The number of methoxy groups -OCH3 is 1. The lowest BCUT2D eigenvalue weighted by Crippen LogP contribution is -2.11. The summed E-state index contributed by atoms with van der Waals surface area (Å²) in [6.45, 7) is 0. The summed E-state index contributed by atoms with van der Waals surface area (Å²) in [6.07, 6.45) is 2.60. The van der Waals surface area contributed by atoms with Gasteiger partial charge < -0.3 is 10.5 Å². The largest absolute Gasteiger partial charge is 0.465 e. The SMILES string of the molecule is COC(=O)c1ccnc(-n2cnc(C#N)c2C#N)c1N. The van der Waals surface area contributed by atoms with Crippen molar-refractivity contribution in [3.8, 4) is 18.0 Å². The molecule has 0 unspecified atom stereocenters. The van der Waals surface area contributed by atoms with Crippen molar-refractivity contribution >= 4 is 11.7 Å². The highest BCUT2D eigenvalue weighted by Gasteiger charge is 2.19. The minimum Gasteiger partial charge on any atom is -0.465 e. The Morgan fingerprint density at radius 2 is 2.15 bits per heavy atom. The van der Waals surface area contributed by atoms with E-state index in [2.05, 4.69) is 14.7 Å². The molecule has 2 rings (SSSR count). The van der Waals surface area contributed by atoms with Crippen molar-refractivity contribution < 1.29 is 9.53 Å². The lowest BCUT2D eigenvalue weighted by molar-refractivity contribution is 0.0602. The molecule has 2 aromatic heterocycles. The van der Waals surface area contributed by atoms with E-state index in [9.17, 15) is 4.79 Å². The smallest absolute Gasteiger partial charge is 0.340 e. The minimum atomic E-state index is -0.620. The molecule has 2 aromatic rings. The third-order valence-electron chi connectivity index (χ3n) is 2.58. The Kier molecular flexibility index (Phi) is 3.32. The van der Waals surface area contributed by atoms with E-state index in [1.807, 2.05) is 6.07 Å². The zero-order chi connectivity index (χ0) is 14.7. The number of nitrogen functional groups attached to an aromatic ring is 1. The molecule has 0 radical (unpaired) electrons. The molecule has 0 amide bonds. The number of hydrogen-bond acceptors (Lipinski definition) is 7. The van der Waals surface area contributed by atoms with Gasteiger partial charge in [-0.3, -0.25) is 4.57 Å². The van der Waals surface area contributed by atoms with Gasteiger partial charge in [0.15, 0.2) is 17.2 Å². The monoisotopic (exact) mass is 268 g/mol. The fourth-order valence-corrected chi connectivity index (χ4v) is 1.64. The van der Waals surface area contributed by atoms with Gasteiger partial charge in [0.1, 0.15) is 18.5 Å². The van der Waals surface area contributed by atoms with Crippen molar-refractivity contribution in [2.75, 3.05) is 12.8 Å². The van der Waals surface area contributed by atoms with Crippen LogP contribution in [0.25, 0.3) is 5.82 Å². The lowest BCUT2D eigenvalue weighted by atomic mass is 10.2. The van der Waals surface area contributed by atoms with E-state index in [4.69, 9.17) is 16.3 Å². The molecular weight excluding hydrogens is 260 g/mol. The molecule has 20 heavy (non-hydrogen) atoms. The average Bonchev–Trinajstić information content (AvgIpc) is 2.89. The van der Waals surface area contributed by atoms with Crippen LogP contribution in [0.1, 0.15) is 21.7 Å². The number of hydrogen-bond donors (Lipinski definition) is 1. The van der Waals surface area contributed by atoms with Crippen LogP contribution in [-0.2, 0) is 4.74 Å². The second-order valence-electron chi connectivity index (χ2n) is 3.62. The maximum Gasteiger partial charge on any atom is 0.340 e. The maximum absolute atomic E-state index is 11.6. The van der Waals surface area contributed by atoms with Crippen molar-refractivity contribution in [3.63, 3.8) is 0 Å². The average molecular weight is 268 g/mol. The highest BCUT2D eigenvalue weighted by molar-refractivity contribution is 5.96. The Labute approximate surface area is 113 Å². The van der Waals surface area contributed by atoms with Gasteiger partial charge in [-0.05, 0) is 6.07 Å². The van der Waals surface area contributed by atoms with E-state index in [0.29, 0.717) is 0 Å². The van der Waals surface area contributed by atoms with Crippen LogP contribution in [0.2, 0.25) is 0 Å². The van der Waals surface area contributed by atoms with E-state index in [1.54, 1.807) is 6.07 Å². The second-order valence-corrected chi connectivity index (χ2v) is 3.62. The van der Waals surface area contributed by atoms with Gasteiger partial charge in [0.05, 0.1) is 18.4 Å². The van der Waals surface area contributed by atoms with Gasteiger partial charge in [0.25, 0.3) is 0 Å². The summed E-state index contributed by atoms with van der Waals surface area (Å²) in [4.78, 5) is 19.4. The van der Waals surface area contributed by atoms with E-state index < -0.39 is 5.97 Å². The topological polar surface area (TPSA) is 131 Å². The van der Waals surface area contributed by atoms with Crippen LogP contribution in [-0.4, -0.2) is 27.6 Å². The van der Waals surface area contributed by atoms with Crippen LogP contribution >= 0.6 is 0 Å². The van der Waals surface area contributed by atoms with Crippen LogP contribution in [0.4, 0.5) is 5.69 Å². The number of aromatic nitrogens is 3. The highest BCUT2D eigenvalue weighted by Crippen LogP contribution is 2.22. The number of anilines is 1. The van der Waals surface area contributed by atoms with Gasteiger partial charge in [-0.25, -0.2) is 14.8 Å². The highest BCUT2D eigenvalue weighted by atomic mass is 16.5. The number of nitrogens with two attached hydrogens (primary N) is 1. The van der Waals surface area contributed by atoms with Gasteiger partial charge in [0.2, 0.25) is 0 Å². The molecule has 0 aliphatic carbocycles. The Morgan fingerprint density at radius 1 is 1.40 bits per heavy atom. The fourth-order valence-electron chi connectivity index (χ4n) is 1.64. The first-order valence-corrected chi connectivity index (χ1v) is 5.34. The van der Waals surface area contributed by atoms with E-state index >= 15 is 0 Å². The standard InChI is InChI=1S/C12H8N6O2/c1-20-12(19)7-2-3-16-11(10(7)15)18-6-17-8(4-13)9(18)5-14/h2-3,6H,15H2,1H3. The molecule has 2 N–H and O–H groups in total. The molecule has 8 heteroatoms. The van der Waals surface area contributed by atoms with Crippen molar-refractivity contribution in [2.24, 2.45) is 0 Å². The Balaban J connectivity index is 2.67. The quantitative estimate of drug-likeness (QED) is 0.778. The molecule has 0 bridgehead atoms. The molecule has 0 saturated carbocycles. The molecule has 0 aromatic carbocycles. The van der Waals surface area contributed by atoms with Crippen LogP contribution in [0.3, 0.4) is 0 Å². The zero-order valence-corrected chi connectivity index (χ0v) is 10.4. The van der Waals surface area contributed by atoms with Crippen LogP contribution in [0, 0.1) is 22.7 Å². The summed E-state index contributed by atoms with van der Waals surface area (Å²) in [5.41, 5.74) is 5.97.